The van der Waals surface area contributed by atoms with E-state index < -0.39 is 0 Å². The summed E-state index contributed by atoms with van der Waals surface area (Å²) in [5.41, 5.74) is 2.03. The van der Waals surface area contributed by atoms with Crippen molar-refractivity contribution in [2.45, 2.75) is 20.0 Å². The lowest BCUT2D eigenvalue weighted by atomic mass is 10.1. The van der Waals surface area contributed by atoms with Gasteiger partial charge in [-0.15, -0.1) is 0 Å². The Bertz CT molecular complexity index is 680. The van der Waals surface area contributed by atoms with Gasteiger partial charge in [0.25, 0.3) is 0 Å². The molecule has 0 spiro atoms. The lowest BCUT2D eigenvalue weighted by Gasteiger charge is -2.10. The number of carbonyl (C=O) groups excluding carboxylic acids is 1. The summed E-state index contributed by atoms with van der Waals surface area (Å²) in [6, 6.07) is 10.5. The Morgan fingerprint density at radius 2 is 2.05 bits per heavy atom. The molecule has 5 heteroatoms. The molecule has 0 radical (unpaired) electrons. The first-order chi connectivity index (χ1) is 9.56. The van der Waals surface area contributed by atoms with Gasteiger partial charge in [-0.25, -0.2) is 0 Å². The number of nitrogens with one attached hydrogen (secondary N) is 1. The second kappa shape index (κ2) is 6.39. The molecular formula is C15H15ClN2O2. The Hall–Kier alpha value is -2.07. The van der Waals surface area contributed by atoms with Crippen LogP contribution < -0.4 is 10.7 Å². The first-order valence-corrected chi connectivity index (χ1v) is 6.61. The maximum absolute atomic E-state index is 11.9. The first-order valence-electron chi connectivity index (χ1n) is 6.23. The molecule has 0 unspecified atom stereocenters. The van der Waals surface area contributed by atoms with Crippen molar-refractivity contribution in [3.8, 4) is 0 Å². The molecule has 1 N–H and O–H groups in total. The summed E-state index contributed by atoms with van der Waals surface area (Å²) in [6.07, 6.45) is 1.51. The van der Waals surface area contributed by atoms with Crippen LogP contribution in [0.2, 0.25) is 5.15 Å². The van der Waals surface area contributed by atoms with Crippen LogP contribution in [0.15, 0.2) is 47.4 Å². The Balaban J connectivity index is 1.96. The van der Waals surface area contributed by atoms with Gasteiger partial charge >= 0.3 is 0 Å². The summed E-state index contributed by atoms with van der Waals surface area (Å²) in [7, 11) is 0. The van der Waals surface area contributed by atoms with Crippen LogP contribution in [-0.4, -0.2) is 10.5 Å². The molecule has 104 valence electrons. The Morgan fingerprint density at radius 1 is 1.30 bits per heavy atom. The van der Waals surface area contributed by atoms with Crippen LogP contribution in [0.4, 0.5) is 0 Å². The number of nitrogens with zero attached hydrogens (tertiary/aromatic N) is 1. The highest BCUT2D eigenvalue weighted by atomic mass is 35.5. The minimum Gasteiger partial charge on any atom is -0.350 e. The number of halogens is 1. The van der Waals surface area contributed by atoms with Crippen molar-refractivity contribution in [3.05, 3.63) is 69.1 Å². The maximum atomic E-state index is 11.9. The second-order valence-corrected chi connectivity index (χ2v) is 4.90. The minimum atomic E-state index is -0.174. The number of aromatic nitrogens is 1. The van der Waals surface area contributed by atoms with Gasteiger partial charge in [0.2, 0.25) is 5.91 Å². The van der Waals surface area contributed by atoms with E-state index in [-0.39, 0.29) is 23.0 Å². The number of pyridine rings is 1. The fourth-order valence-corrected chi connectivity index (χ4v) is 2.05. The third-order valence-electron chi connectivity index (χ3n) is 3.01. The molecule has 1 amide bonds. The monoisotopic (exact) mass is 290 g/mol. The van der Waals surface area contributed by atoms with E-state index in [0.29, 0.717) is 6.54 Å². The van der Waals surface area contributed by atoms with Crippen LogP contribution in [0.25, 0.3) is 0 Å². The van der Waals surface area contributed by atoms with Crippen molar-refractivity contribution in [2.75, 3.05) is 0 Å². The number of aryl methyl sites for hydroxylation is 1. The van der Waals surface area contributed by atoms with Crippen molar-refractivity contribution in [1.29, 1.82) is 0 Å². The van der Waals surface area contributed by atoms with E-state index in [9.17, 15) is 9.59 Å². The average Bonchev–Trinajstić information content (AvgIpc) is 2.41. The van der Waals surface area contributed by atoms with Gasteiger partial charge < -0.3 is 9.88 Å². The smallest absolute Gasteiger partial charge is 0.240 e. The molecule has 0 aliphatic heterocycles. The minimum absolute atomic E-state index is 0.0883. The van der Waals surface area contributed by atoms with E-state index >= 15 is 0 Å². The molecule has 0 saturated carbocycles. The van der Waals surface area contributed by atoms with E-state index in [1.54, 1.807) is 0 Å². The first kappa shape index (κ1) is 14.3. The third-order valence-corrected chi connectivity index (χ3v) is 3.33. The SMILES string of the molecule is Cc1ccccc1CNC(=O)Cn1ccc(=O)cc1Cl. The number of hydrogen-bond acceptors (Lipinski definition) is 2. The van der Waals surface area contributed by atoms with Gasteiger partial charge in [0, 0.05) is 24.9 Å². The zero-order valence-electron chi connectivity index (χ0n) is 11.1. The molecule has 1 aromatic carbocycles. The standard InChI is InChI=1S/C15H15ClN2O2/c1-11-4-2-3-5-12(11)9-17-15(20)10-18-7-6-13(19)8-14(18)16/h2-8H,9-10H2,1H3,(H,17,20). The fourth-order valence-electron chi connectivity index (χ4n) is 1.82. The molecule has 1 aromatic heterocycles. The van der Waals surface area contributed by atoms with Crippen molar-refractivity contribution in [2.24, 2.45) is 0 Å². The summed E-state index contributed by atoms with van der Waals surface area (Å²) in [5, 5.41) is 3.09. The highest BCUT2D eigenvalue weighted by Crippen LogP contribution is 2.07. The van der Waals surface area contributed by atoms with Gasteiger partial charge in [0.15, 0.2) is 5.43 Å². The molecule has 0 bridgehead atoms. The van der Waals surface area contributed by atoms with Crippen molar-refractivity contribution in [1.82, 2.24) is 9.88 Å². The van der Waals surface area contributed by atoms with E-state index in [4.69, 9.17) is 11.6 Å². The number of amides is 1. The molecular weight excluding hydrogens is 276 g/mol. The summed E-state index contributed by atoms with van der Waals surface area (Å²) in [6.45, 7) is 2.56. The van der Waals surface area contributed by atoms with Gasteiger partial charge in [-0.05, 0) is 18.1 Å². The van der Waals surface area contributed by atoms with E-state index in [2.05, 4.69) is 5.32 Å². The van der Waals surface area contributed by atoms with Gasteiger partial charge in [-0.3, -0.25) is 9.59 Å². The van der Waals surface area contributed by atoms with E-state index in [1.165, 1.54) is 22.9 Å². The van der Waals surface area contributed by atoms with Crippen LogP contribution in [0.3, 0.4) is 0 Å². The molecule has 0 saturated heterocycles. The van der Waals surface area contributed by atoms with Gasteiger partial charge in [0.05, 0.1) is 0 Å². The molecule has 2 rings (SSSR count). The molecule has 0 aliphatic rings. The summed E-state index contributed by atoms with van der Waals surface area (Å²) < 4.78 is 1.52. The van der Waals surface area contributed by atoms with Crippen molar-refractivity contribution in [3.63, 3.8) is 0 Å². The number of carbonyl (C=O) groups is 1. The Labute approximate surface area is 122 Å². The van der Waals surface area contributed by atoms with Gasteiger partial charge in [-0.2, -0.15) is 0 Å². The topological polar surface area (TPSA) is 51.1 Å². The molecule has 4 nitrogen and oxygen atoms in total. The van der Waals surface area contributed by atoms with Crippen LogP contribution >= 0.6 is 11.6 Å². The molecule has 0 aliphatic carbocycles. The van der Waals surface area contributed by atoms with Crippen LogP contribution in [-0.2, 0) is 17.9 Å². The largest absolute Gasteiger partial charge is 0.350 e. The van der Waals surface area contributed by atoms with Crippen LogP contribution in [0.5, 0.6) is 0 Å². The van der Waals surface area contributed by atoms with Gasteiger partial charge in [-0.1, -0.05) is 35.9 Å². The number of hydrogen-bond donors (Lipinski definition) is 1. The molecule has 0 fully saturated rings. The zero-order chi connectivity index (χ0) is 14.5. The Morgan fingerprint density at radius 3 is 2.75 bits per heavy atom. The normalized spacial score (nSPS) is 10.3. The van der Waals surface area contributed by atoms with Crippen LogP contribution in [0.1, 0.15) is 11.1 Å². The lowest BCUT2D eigenvalue weighted by molar-refractivity contribution is -0.121. The molecule has 1 heterocycles. The molecule has 20 heavy (non-hydrogen) atoms. The fraction of sp³-hybridized carbons (Fsp3) is 0.200. The maximum Gasteiger partial charge on any atom is 0.240 e. The highest BCUT2D eigenvalue weighted by Gasteiger charge is 2.05. The number of rotatable bonds is 4. The predicted octanol–water partition coefficient (Wildman–Crippen LogP) is 2.13. The second-order valence-electron chi connectivity index (χ2n) is 4.52. The molecule has 0 atom stereocenters. The van der Waals surface area contributed by atoms with E-state index in [1.807, 2.05) is 31.2 Å². The van der Waals surface area contributed by atoms with E-state index in [0.717, 1.165) is 11.1 Å². The highest BCUT2D eigenvalue weighted by molar-refractivity contribution is 6.29. The van der Waals surface area contributed by atoms with Crippen molar-refractivity contribution >= 4 is 17.5 Å². The average molecular weight is 291 g/mol. The summed E-state index contributed by atoms with van der Waals surface area (Å²) >= 11 is 5.90. The third kappa shape index (κ3) is 3.71. The molecule has 2 aromatic rings. The van der Waals surface area contributed by atoms with Gasteiger partial charge in [0.1, 0.15) is 11.7 Å². The Kier molecular flexibility index (Phi) is 4.58. The number of benzene rings is 1. The van der Waals surface area contributed by atoms with Crippen LogP contribution in [0, 0.1) is 6.92 Å². The zero-order valence-corrected chi connectivity index (χ0v) is 11.9. The summed E-state index contributed by atoms with van der Waals surface area (Å²) in [5.74, 6) is -0.154. The predicted molar refractivity (Wildman–Crippen MR) is 78.7 cm³/mol. The lowest BCUT2D eigenvalue weighted by Crippen LogP contribution is -2.27. The quantitative estimate of drug-likeness (QED) is 0.877. The van der Waals surface area contributed by atoms with Crippen molar-refractivity contribution < 1.29 is 4.79 Å². The summed E-state index contributed by atoms with van der Waals surface area (Å²) in [4.78, 5) is 22.9.